The van der Waals surface area contributed by atoms with Crippen LogP contribution in [0.15, 0.2) is 0 Å². The molecule has 102 valence electrons. The average Bonchev–Trinajstić information content (AvgIpc) is 2.27. The quantitative estimate of drug-likeness (QED) is 0.575. The van der Waals surface area contributed by atoms with E-state index in [1.54, 1.807) is 0 Å². The summed E-state index contributed by atoms with van der Waals surface area (Å²) in [6, 6.07) is 0. The van der Waals surface area contributed by atoms with Crippen LogP contribution < -0.4 is 0 Å². The fraction of sp³-hybridized carbons (Fsp3) is 1.00. The van der Waals surface area contributed by atoms with E-state index >= 15 is 0 Å². The summed E-state index contributed by atoms with van der Waals surface area (Å²) in [5.74, 6) is 0. The maximum absolute atomic E-state index is 2.70. The molecule has 0 bridgehead atoms. The van der Waals surface area contributed by atoms with Gasteiger partial charge in [0.15, 0.2) is 0 Å². The Labute approximate surface area is 109 Å². The van der Waals surface area contributed by atoms with Crippen molar-refractivity contribution in [3.05, 3.63) is 0 Å². The highest BCUT2D eigenvalue weighted by molar-refractivity contribution is 4.76. The third-order valence-electron chi connectivity index (χ3n) is 4.05. The summed E-state index contributed by atoms with van der Waals surface area (Å²) < 4.78 is 0. The van der Waals surface area contributed by atoms with Crippen molar-refractivity contribution < 1.29 is 0 Å². The molecule has 0 aliphatic carbocycles. The zero-order chi connectivity index (χ0) is 12.6. The highest BCUT2D eigenvalue weighted by Crippen LogP contribution is 2.18. The van der Waals surface area contributed by atoms with Crippen molar-refractivity contribution in [1.29, 1.82) is 0 Å². The van der Waals surface area contributed by atoms with Crippen LogP contribution in [0.3, 0.4) is 0 Å². The maximum Gasteiger partial charge on any atom is 0.0125 e. The van der Waals surface area contributed by atoms with Crippen LogP contribution in [0.25, 0.3) is 0 Å². The standard InChI is InChI=1S/C16H33N/c1-16(2,3)17-14-12-10-8-6-4-5-7-9-11-13-15-17/h4-15H2,1-3H3. The summed E-state index contributed by atoms with van der Waals surface area (Å²) in [7, 11) is 0. The van der Waals surface area contributed by atoms with E-state index in [4.69, 9.17) is 0 Å². The first kappa shape index (κ1) is 15.0. The van der Waals surface area contributed by atoms with Gasteiger partial charge in [-0.2, -0.15) is 0 Å². The average molecular weight is 239 g/mol. The van der Waals surface area contributed by atoms with Crippen molar-refractivity contribution in [3.8, 4) is 0 Å². The van der Waals surface area contributed by atoms with E-state index in [9.17, 15) is 0 Å². The first-order chi connectivity index (χ1) is 8.11. The van der Waals surface area contributed by atoms with Gasteiger partial charge in [0.1, 0.15) is 0 Å². The zero-order valence-electron chi connectivity index (χ0n) is 12.4. The second kappa shape index (κ2) is 8.13. The summed E-state index contributed by atoms with van der Waals surface area (Å²) in [6.45, 7) is 9.72. The van der Waals surface area contributed by atoms with Crippen LogP contribution in [0.2, 0.25) is 0 Å². The van der Waals surface area contributed by atoms with Gasteiger partial charge in [0.25, 0.3) is 0 Å². The van der Waals surface area contributed by atoms with E-state index in [0.717, 1.165) is 0 Å². The molecular formula is C16H33N. The summed E-state index contributed by atoms with van der Waals surface area (Å²) in [6.07, 6.45) is 14.5. The van der Waals surface area contributed by atoms with Crippen molar-refractivity contribution in [2.45, 2.75) is 90.5 Å². The Morgan fingerprint density at radius 3 is 1.12 bits per heavy atom. The topological polar surface area (TPSA) is 3.24 Å². The molecule has 0 N–H and O–H groups in total. The van der Waals surface area contributed by atoms with E-state index in [1.165, 1.54) is 77.3 Å². The van der Waals surface area contributed by atoms with Crippen LogP contribution in [-0.2, 0) is 0 Å². The van der Waals surface area contributed by atoms with Crippen LogP contribution in [0, 0.1) is 0 Å². The Kier molecular flexibility index (Phi) is 7.18. The van der Waals surface area contributed by atoms with Crippen LogP contribution in [0.5, 0.6) is 0 Å². The van der Waals surface area contributed by atoms with Gasteiger partial charge < -0.3 is 0 Å². The lowest BCUT2D eigenvalue weighted by atomic mass is 10.0. The van der Waals surface area contributed by atoms with Crippen molar-refractivity contribution >= 4 is 0 Å². The molecule has 0 aromatic carbocycles. The van der Waals surface area contributed by atoms with Gasteiger partial charge in [0, 0.05) is 5.54 Å². The van der Waals surface area contributed by atoms with Gasteiger partial charge in [-0.15, -0.1) is 0 Å². The molecule has 1 fully saturated rings. The molecule has 0 spiro atoms. The Hall–Kier alpha value is -0.0400. The summed E-state index contributed by atoms with van der Waals surface area (Å²) in [4.78, 5) is 2.70. The lowest BCUT2D eigenvalue weighted by molar-refractivity contribution is 0.131. The van der Waals surface area contributed by atoms with Crippen LogP contribution in [0.4, 0.5) is 0 Å². The fourth-order valence-corrected chi connectivity index (χ4v) is 2.80. The van der Waals surface area contributed by atoms with Gasteiger partial charge in [-0.25, -0.2) is 0 Å². The molecule has 1 heterocycles. The molecule has 0 unspecified atom stereocenters. The number of hydrogen-bond acceptors (Lipinski definition) is 1. The Bertz CT molecular complexity index is 166. The van der Waals surface area contributed by atoms with E-state index in [2.05, 4.69) is 25.7 Å². The minimum Gasteiger partial charge on any atom is -0.298 e. The number of rotatable bonds is 0. The first-order valence-electron chi connectivity index (χ1n) is 7.86. The SMILES string of the molecule is CC(C)(C)N1CCCCCCCCCCCC1. The molecule has 1 heteroatoms. The second-order valence-electron chi connectivity index (χ2n) is 6.69. The summed E-state index contributed by atoms with van der Waals surface area (Å²) >= 11 is 0. The van der Waals surface area contributed by atoms with Gasteiger partial charge in [0.2, 0.25) is 0 Å². The minimum atomic E-state index is 0.361. The molecule has 0 amide bonds. The monoisotopic (exact) mass is 239 g/mol. The molecule has 0 aromatic heterocycles. The van der Waals surface area contributed by atoms with Gasteiger partial charge in [-0.05, 0) is 46.7 Å². The Morgan fingerprint density at radius 2 is 0.824 bits per heavy atom. The van der Waals surface area contributed by atoms with Crippen molar-refractivity contribution in [2.75, 3.05) is 13.1 Å². The molecule has 1 nitrogen and oxygen atoms in total. The fourth-order valence-electron chi connectivity index (χ4n) is 2.80. The third kappa shape index (κ3) is 7.08. The molecule has 0 aromatic rings. The molecule has 0 saturated carbocycles. The molecule has 0 radical (unpaired) electrons. The van der Waals surface area contributed by atoms with Gasteiger partial charge >= 0.3 is 0 Å². The summed E-state index contributed by atoms with van der Waals surface area (Å²) in [5.41, 5.74) is 0.361. The molecule has 17 heavy (non-hydrogen) atoms. The van der Waals surface area contributed by atoms with E-state index in [1.807, 2.05) is 0 Å². The van der Waals surface area contributed by atoms with E-state index in [0.29, 0.717) is 5.54 Å². The van der Waals surface area contributed by atoms with Crippen LogP contribution in [-0.4, -0.2) is 23.5 Å². The summed E-state index contributed by atoms with van der Waals surface area (Å²) in [5, 5.41) is 0. The lowest BCUT2D eigenvalue weighted by Gasteiger charge is -2.35. The molecule has 0 atom stereocenters. The highest BCUT2D eigenvalue weighted by atomic mass is 15.2. The predicted octanol–water partition coefficient (Wildman–Crippen LogP) is 5.00. The lowest BCUT2D eigenvalue weighted by Crippen LogP contribution is -2.42. The predicted molar refractivity (Wildman–Crippen MR) is 77.5 cm³/mol. The van der Waals surface area contributed by atoms with Gasteiger partial charge in [-0.3, -0.25) is 4.90 Å². The van der Waals surface area contributed by atoms with Crippen molar-refractivity contribution in [2.24, 2.45) is 0 Å². The van der Waals surface area contributed by atoms with Gasteiger partial charge in [-0.1, -0.05) is 51.4 Å². The van der Waals surface area contributed by atoms with Crippen LogP contribution in [0.1, 0.15) is 85.0 Å². The third-order valence-corrected chi connectivity index (χ3v) is 4.05. The number of nitrogens with zero attached hydrogens (tertiary/aromatic N) is 1. The molecular weight excluding hydrogens is 206 g/mol. The van der Waals surface area contributed by atoms with E-state index in [-0.39, 0.29) is 0 Å². The normalized spacial score (nSPS) is 23.5. The molecule has 1 aliphatic heterocycles. The second-order valence-corrected chi connectivity index (χ2v) is 6.69. The van der Waals surface area contributed by atoms with Crippen molar-refractivity contribution in [1.82, 2.24) is 4.90 Å². The highest BCUT2D eigenvalue weighted by Gasteiger charge is 2.19. The van der Waals surface area contributed by atoms with Crippen LogP contribution >= 0.6 is 0 Å². The largest absolute Gasteiger partial charge is 0.298 e. The molecule has 1 aliphatic rings. The molecule has 1 rings (SSSR count). The smallest absolute Gasteiger partial charge is 0.0125 e. The van der Waals surface area contributed by atoms with E-state index < -0.39 is 0 Å². The van der Waals surface area contributed by atoms with Crippen molar-refractivity contribution in [3.63, 3.8) is 0 Å². The first-order valence-corrected chi connectivity index (χ1v) is 7.86. The van der Waals surface area contributed by atoms with Gasteiger partial charge in [0.05, 0.1) is 0 Å². The number of hydrogen-bond donors (Lipinski definition) is 0. The minimum absolute atomic E-state index is 0.361. The Morgan fingerprint density at radius 1 is 0.529 bits per heavy atom. The maximum atomic E-state index is 2.70. The Balaban J connectivity index is 2.36. The zero-order valence-corrected chi connectivity index (χ0v) is 12.4. The molecule has 1 saturated heterocycles.